The number of benzene rings is 1. The Bertz CT molecular complexity index is 1410. The van der Waals surface area contributed by atoms with Crippen LogP contribution in [0.2, 0.25) is 0 Å². The molecule has 0 N–H and O–H groups in total. The van der Waals surface area contributed by atoms with E-state index in [2.05, 4.69) is 40.7 Å². The smallest absolute Gasteiger partial charge is 0.410 e. The standard InChI is InChI=1S/C43H64N2O4/c1-28(2)13-11-14-29(3)35-19-20-36-34-18-17-30-27-31(21-23-42(30,7)37(34)22-24-43(35,36)8)44(40(48)49-41(4,5)6)25-12-26-45-38(46)32-15-9-10-16-33(32)39(45)47/h9-10,15-17,28-29,31,34-37H,11-14,18-27H2,1-8H3/t29-,31+,34?,35-,36?,37?,42+,43-/m1/s1. The molecule has 6 rings (SSSR count). The second kappa shape index (κ2) is 13.8. The molecule has 1 aromatic rings. The number of allylic oxidation sites excluding steroid dienone is 1. The first-order valence-electron chi connectivity index (χ1n) is 19.8. The van der Waals surface area contributed by atoms with E-state index in [1.807, 2.05) is 25.7 Å². The fourth-order valence-electron chi connectivity index (χ4n) is 11.5. The molecule has 3 unspecified atom stereocenters. The van der Waals surface area contributed by atoms with Gasteiger partial charge in [-0.25, -0.2) is 4.79 Å². The number of ether oxygens (including phenoxy) is 1. The van der Waals surface area contributed by atoms with Gasteiger partial charge in [0.05, 0.1) is 11.1 Å². The highest BCUT2D eigenvalue weighted by molar-refractivity contribution is 6.21. The van der Waals surface area contributed by atoms with Gasteiger partial charge in [0.1, 0.15) is 5.60 Å². The van der Waals surface area contributed by atoms with Crippen LogP contribution in [0.4, 0.5) is 4.79 Å². The van der Waals surface area contributed by atoms with Gasteiger partial charge in [-0.1, -0.05) is 77.7 Å². The van der Waals surface area contributed by atoms with Crippen LogP contribution in [0.1, 0.15) is 153 Å². The molecule has 1 aromatic carbocycles. The molecule has 5 aliphatic rings. The maximum Gasteiger partial charge on any atom is 0.410 e. The Kier molecular flexibility index (Phi) is 10.2. The van der Waals surface area contributed by atoms with Crippen molar-refractivity contribution in [2.75, 3.05) is 13.1 Å². The van der Waals surface area contributed by atoms with Gasteiger partial charge < -0.3 is 9.64 Å². The number of hydrogen-bond donors (Lipinski definition) is 0. The van der Waals surface area contributed by atoms with Crippen molar-refractivity contribution in [3.63, 3.8) is 0 Å². The lowest BCUT2D eigenvalue weighted by molar-refractivity contribution is -0.0556. The van der Waals surface area contributed by atoms with Gasteiger partial charge in [-0.3, -0.25) is 14.5 Å². The first-order chi connectivity index (χ1) is 23.1. The lowest BCUT2D eigenvalue weighted by Gasteiger charge is -2.59. The Labute approximate surface area is 296 Å². The van der Waals surface area contributed by atoms with E-state index in [4.69, 9.17) is 4.74 Å². The van der Waals surface area contributed by atoms with Crippen LogP contribution < -0.4 is 0 Å². The molecule has 0 spiro atoms. The third-order valence-electron chi connectivity index (χ3n) is 14.0. The van der Waals surface area contributed by atoms with Gasteiger partial charge in [-0.05, 0) is 137 Å². The molecule has 0 saturated heterocycles. The SMILES string of the molecule is CC(C)CCC[C@@H](C)[C@H]1CCC2C3CC=C4C[C@@H](N(CCCN5C(=O)c6ccccc6C5=O)C(=O)OC(C)(C)C)CC[C@]4(C)C3CC[C@@]21C. The van der Waals surface area contributed by atoms with Gasteiger partial charge in [0.2, 0.25) is 0 Å². The van der Waals surface area contributed by atoms with Crippen molar-refractivity contribution >= 4 is 17.9 Å². The predicted molar refractivity (Wildman–Crippen MR) is 196 cm³/mol. The van der Waals surface area contributed by atoms with Crippen LogP contribution in [-0.4, -0.2) is 52.4 Å². The number of carbonyl (C=O) groups excluding carboxylic acids is 3. The molecule has 4 aliphatic carbocycles. The number of nitrogens with zero attached hydrogens (tertiary/aromatic N) is 2. The van der Waals surface area contributed by atoms with Gasteiger partial charge in [0, 0.05) is 19.1 Å². The van der Waals surface area contributed by atoms with Gasteiger partial charge >= 0.3 is 6.09 Å². The summed E-state index contributed by atoms with van der Waals surface area (Å²) in [5.41, 5.74) is 2.57. The van der Waals surface area contributed by atoms with E-state index in [0.717, 1.165) is 54.8 Å². The molecule has 49 heavy (non-hydrogen) atoms. The van der Waals surface area contributed by atoms with E-state index in [0.29, 0.717) is 36.1 Å². The number of carbonyl (C=O) groups is 3. The van der Waals surface area contributed by atoms with Gasteiger partial charge in [-0.15, -0.1) is 0 Å². The molecule has 0 bridgehead atoms. The lowest BCUT2D eigenvalue weighted by Crippen LogP contribution is -2.53. The van der Waals surface area contributed by atoms with E-state index < -0.39 is 5.60 Å². The van der Waals surface area contributed by atoms with Gasteiger partial charge in [0.25, 0.3) is 11.8 Å². The van der Waals surface area contributed by atoms with Crippen LogP contribution in [0.15, 0.2) is 35.9 Å². The first-order valence-corrected chi connectivity index (χ1v) is 19.8. The fraction of sp³-hybridized carbons (Fsp3) is 0.744. The van der Waals surface area contributed by atoms with Crippen LogP contribution in [-0.2, 0) is 4.74 Å². The quantitative estimate of drug-likeness (QED) is 0.183. The summed E-state index contributed by atoms with van der Waals surface area (Å²) < 4.78 is 5.96. The molecule has 3 saturated carbocycles. The normalized spacial score (nSPS) is 33.0. The van der Waals surface area contributed by atoms with Crippen molar-refractivity contribution in [1.29, 1.82) is 0 Å². The molecule has 3 amide bonds. The highest BCUT2D eigenvalue weighted by Crippen LogP contribution is 2.67. The Hall–Kier alpha value is -2.63. The van der Waals surface area contributed by atoms with E-state index in [9.17, 15) is 14.4 Å². The maximum absolute atomic E-state index is 13.7. The Balaban J connectivity index is 1.14. The van der Waals surface area contributed by atoms with E-state index >= 15 is 0 Å². The molecule has 0 aromatic heterocycles. The first kappa shape index (κ1) is 36.2. The Morgan fingerprint density at radius 2 is 1.63 bits per heavy atom. The molecule has 6 nitrogen and oxygen atoms in total. The summed E-state index contributed by atoms with van der Waals surface area (Å²) in [6.45, 7) is 19.0. The summed E-state index contributed by atoms with van der Waals surface area (Å²) in [5, 5.41) is 0. The summed E-state index contributed by atoms with van der Waals surface area (Å²) in [7, 11) is 0. The number of hydrogen-bond acceptors (Lipinski definition) is 4. The highest BCUT2D eigenvalue weighted by atomic mass is 16.6. The molecular weight excluding hydrogens is 608 g/mol. The molecule has 8 atom stereocenters. The largest absolute Gasteiger partial charge is 0.444 e. The maximum atomic E-state index is 13.7. The van der Waals surface area contributed by atoms with Crippen molar-refractivity contribution < 1.29 is 19.1 Å². The van der Waals surface area contributed by atoms with Crippen LogP contribution in [0.3, 0.4) is 0 Å². The summed E-state index contributed by atoms with van der Waals surface area (Å²) in [4.78, 5) is 43.0. The summed E-state index contributed by atoms with van der Waals surface area (Å²) in [6, 6.07) is 7.09. The molecule has 6 heteroatoms. The van der Waals surface area contributed by atoms with Crippen molar-refractivity contribution in [3.05, 3.63) is 47.0 Å². The lowest BCUT2D eigenvalue weighted by atomic mass is 9.46. The number of rotatable bonds is 10. The summed E-state index contributed by atoms with van der Waals surface area (Å²) in [5.74, 6) is 4.34. The molecule has 270 valence electrons. The Morgan fingerprint density at radius 1 is 0.939 bits per heavy atom. The minimum atomic E-state index is -0.599. The zero-order chi connectivity index (χ0) is 35.3. The van der Waals surface area contributed by atoms with E-state index in [1.165, 1.54) is 56.3 Å². The molecular formula is C43H64N2O4. The molecule has 3 fully saturated rings. The minimum Gasteiger partial charge on any atom is -0.444 e. The molecule has 1 aliphatic heterocycles. The third kappa shape index (κ3) is 6.88. The zero-order valence-corrected chi connectivity index (χ0v) is 31.9. The minimum absolute atomic E-state index is 0.0595. The van der Waals surface area contributed by atoms with Crippen LogP contribution in [0.5, 0.6) is 0 Å². The Morgan fingerprint density at radius 3 is 2.29 bits per heavy atom. The van der Waals surface area contributed by atoms with Crippen molar-refractivity contribution in [2.24, 2.45) is 46.3 Å². The van der Waals surface area contributed by atoms with Crippen LogP contribution in [0, 0.1) is 46.3 Å². The van der Waals surface area contributed by atoms with Gasteiger partial charge in [0.15, 0.2) is 0 Å². The van der Waals surface area contributed by atoms with Crippen molar-refractivity contribution in [2.45, 2.75) is 144 Å². The van der Waals surface area contributed by atoms with Crippen molar-refractivity contribution in [3.8, 4) is 0 Å². The van der Waals surface area contributed by atoms with Crippen molar-refractivity contribution in [1.82, 2.24) is 9.80 Å². The van der Waals surface area contributed by atoms with Gasteiger partial charge in [-0.2, -0.15) is 0 Å². The number of fused-ring (bicyclic) bond motifs is 6. The molecule has 0 radical (unpaired) electrons. The summed E-state index contributed by atoms with van der Waals surface area (Å²) in [6.07, 6.45) is 16.6. The van der Waals surface area contributed by atoms with E-state index in [1.54, 1.807) is 29.8 Å². The second-order valence-corrected chi connectivity index (χ2v) is 18.5. The van der Waals surface area contributed by atoms with Crippen LogP contribution >= 0.6 is 0 Å². The zero-order valence-electron chi connectivity index (χ0n) is 31.9. The van der Waals surface area contributed by atoms with E-state index in [-0.39, 0.29) is 29.4 Å². The average molecular weight is 673 g/mol. The third-order valence-corrected chi connectivity index (χ3v) is 14.0. The van der Waals surface area contributed by atoms with Crippen LogP contribution in [0.25, 0.3) is 0 Å². The number of imide groups is 1. The summed E-state index contributed by atoms with van der Waals surface area (Å²) >= 11 is 0. The second-order valence-electron chi connectivity index (χ2n) is 18.5. The fourth-order valence-corrected chi connectivity index (χ4v) is 11.5. The average Bonchev–Trinajstić information content (AvgIpc) is 3.51. The predicted octanol–water partition coefficient (Wildman–Crippen LogP) is 10.3. The topological polar surface area (TPSA) is 66.9 Å². The highest BCUT2D eigenvalue weighted by Gasteiger charge is 2.59. The number of amides is 3. The monoisotopic (exact) mass is 672 g/mol. The molecule has 1 heterocycles.